The molecule has 0 bridgehead atoms. The van der Waals surface area contributed by atoms with E-state index in [0.29, 0.717) is 11.5 Å². The summed E-state index contributed by atoms with van der Waals surface area (Å²) in [5.74, 6) is 0.903. The molecular formula is C16H17NO3S. The molecule has 110 valence electrons. The molecule has 2 aromatic carbocycles. The van der Waals surface area contributed by atoms with Gasteiger partial charge in [-0.25, -0.2) is 13.1 Å². The van der Waals surface area contributed by atoms with Crippen molar-refractivity contribution in [2.75, 3.05) is 6.61 Å². The summed E-state index contributed by atoms with van der Waals surface area (Å²) >= 11 is 0. The summed E-state index contributed by atoms with van der Waals surface area (Å²) in [4.78, 5) is 0.328. The van der Waals surface area contributed by atoms with Gasteiger partial charge in [-0.15, -0.1) is 0 Å². The van der Waals surface area contributed by atoms with Crippen LogP contribution in [0.5, 0.6) is 5.75 Å². The zero-order chi connectivity index (χ0) is 14.9. The molecule has 2 aromatic rings. The van der Waals surface area contributed by atoms with Crippen molar-refractivity contribution in [1.29, 1.82) is 0 Å². The molecule has 5 heteroatoms. The largest absolute Gasteiger partial charge is 0.493 e. The first kappa shape index (κ1) is 14.1. The van der Waals surface area contributed by atoms with Crippen LogP contribution in [0.2, 0.25) is 0 Å². The minimum Gasteiger partial charge on any atom is -0.493 e. The Morgan fingerprint density at radius 2 is 2.00 bits per heavy atom. The highest BCUT2D eigenvalue weighted by Gasteiger charge is 2.17. The summed E-state index contributed by atoms with van der Waals surface area (Å²) < 4.78 is 32.7. The summed E-state index contributed by atoms with van der Waals surface area (Å²) in [5.41, 5.74) is 2.83. The summed E-state index contributed by atoms with van der Waals surface area (Å²) in [7, 11) is -3.48. The molecular weight excluding hydrogens is 286 g/mol. The lowest BCUT2D eigenvalue weighted by atomic mass is 10.1. The normalized spacial score (nSPS) is 13.8. The summed E-state index contributed by atoms with van der Waals surface area (Å²) in [6.07, 6.45) is 0.883. The zero-order valence-corrected chi connectivity index (χ0v) is 12.6. The SMILES string of the molecule is Cc1ccccc1S(=O)(=O)NCc1ccc2c(c1)CCO2. The zero-order valence-electron chi connectivity index (χ0n) is 11.8. The first-order valence-electron chi connectivity index (χ1n) is 6.86. The van der Waals surface area contributed by atoms with Crippen molar-refractivity contribution in [2.45, 2.75) is 24.8 Å². The van der Waals surface area contributed by atoms with Gasteiger partial charge in [0.25, 0.3) is 0 Å². The first-order valence-corrected chi connectivity index (χ1v) is 8.34. The van der Waals surface area contributed by atoms with Crippen LogP contribution in [0.25, 0.3) is 0 Å². The Balaban J connectivity index is 1.77. The van der Waals surface area contributed by atoms with Crippen molar-refractivity contribution in [3.63, 3.8) is 0 Å². The first-order chi connectivity index (χ1) is 10.1. The van der Waals surface area contributed by atoms with E-state index in [2.05, 4.69) is 4.72 Å². The molecule has 1 aliphatic rings. The maximum atomic E-state index is 12.3. The van der Waals surface area contributed by atoms with Crippen LogP contribution >= 0.6 is 0 Å². The van der Waals surface area contributed by atoms with Gasteiger partial charge < -0.3 is 4.74 Å². The van der Waals surface area contributed by atoms with Crippen molar-refractivity contribution in [1.82, 2.24) is 4.72 Å². The van der Waals surface area contributed by atoms with Crippen molar-refractivity contribution >= 4 is 10.0 Å². The number of sulfonamides is 1. The standard InChI is InChI=1S/C16H17NO3S/c1-12-4-2-3-5-16(12)21(18,19)17-11-13-6-7-15-14(10-13)8-9-20-15/h2-7,10,17H,8-9,11H2,1H3. The molecule has 1 N–H and O–H groups in total. The number of benzene rings is 2. The average Bonchev–Trinajstić information content (AvgIpc) is 2.93. The van der Waals surface area contributed by atoms with Crippen LogP contribution in [0, 0.1) is 6.92 Å². The smallest absolute Gasteiger partial charge is 0.241 e. The fourth-order valence-corrected chi connectivity index (χ4v) is 3.73. The second kappa shape index (κ2) is 5.50. The predicted molar refractivity (Wildman–Crippen MR) is 80.8 cm³/mol. The van der Waals surface area contributed by atoms with E-state index in [-0.39, 0.29) is 6.54 Å². The van der Waals surface area contributed by atoms with Gasteiger partial charge in [0, 0.05) is 13.0 Å². The van der Waals surface area contributed by atoms with Gasteiger partial charge in [0.15, 0.2) is 0 Å². The Kier molecular flexibility index (Phi) is 3.69. The second-order valence-electron chi connectivity index (χ2n) is 5.13. The van der Waals surface area contributed by atoms with Crippen LogP contribution in [0.15, 0.2) is 47.4 Å². The van der Waals surface area contributed by atoms with Gasteiger partial charge in [-0.05, 0) is 35.7 Å². The fourth-order valence-electron chi connectivity index (χ4n) is 2.46. The van der Waals surface area contributed by atoms with Crippen LogP contribution < -0.4 is 9.46 Å². The number of ether oxygens (including phenoxy) is 1. The fraction of sp³-hybridized carbons (Fsp3) is 0.250. The van der Waals surface area contributed by atoms with E-state index in [1.165, 1.54) is 0 Å². The molecule has 0 spiro atoms. The molecule has 0 fully saturated rings. The highest BCUT2D eigenvalue weighted by molar-refractivity contribution is 7.89. The van der Waals surface area contributed by atoms with Crippen molar-refractivity contribution < 1.29 is 13.2 Å². The molecule has 0 atom stereocenters. The van der Waals surface area contributed by atoms with Gasteiger partial charge in [0.05, 0.1) is 11.5 Å². The molecule has 0 amide bonds. The summed E-state index contributed by atoms with van der Waals surface area (Å²) in [6, 6.07) is 12.8. The molecule has 0 saturated carbocycles. The molecule has 0 aromatic heterocycles. The summed E-state index contributed by atoms with van der Waals surface area (Å²) in [6.45, 7) is 2.78. The Labute approximate surface area is 124 Å². The Bertz CT molecular complexity index is 769. The Hall–Kier alpha value is -1.85. The Morgan fingerprint density at radius 1 is 1.19 bits per heavy atom. The highest BCUT2D eigenvalue weighted by Crippen LogP contribution is 2.26. The lowest BCUT2D eigenvalue weighted by Gasteiger charge is -2.10. The van der Waals surface area contributed by atoms with Gasteiger partial charge in [-0.2, -0.15) is 0 Å². The minimum atomic E-state index is -3.48. The monoisotopic (exact) mass is 303 g/mol. The van der Waals surface area contributed by atoms with E-state index >= 15 is 0 Å². The number of fused-ring (bicyclic) bond motifs is 1. The molecule has 4 nitrogen and oxygen atoms in total. The third-order valence-electron chi connectivity index (χ3n) is 3.60. The lowest BCUT2D eigenvalue weighted by Crippen LogP contribution is -2.24. The van der Waals surface area contributed by atoms with Gasteiger partial charge in [-0.1, -0.05) is 30.3 Å². The molecule has 3 rings (SSSR count). The van der Waals surface area contributed by atoms with Crippen LogP contribution in [0.4, 0.5) is 0 Å². The summed E-state index contributed by atoms with van der Waals surface area (Å²) in [5, 5.41) is 0. The van der Waals surface area contributed by atoms with Crippen LogP contribution in [0.3, 0.4) is 0 Å². The maximum Gasteiger partial charge on any atom is 0.241 e. The maximum absolute atomic E-state index is 12.3. The van der Waals surface area contributed by atoms with E-state index in [1.807, 2.05) is 24.3 Å². The van der Waals surface area contributed by atoms with Gasteiger partial charge in [-0.3, -0.25) is 0 Å². The highest BCUT2D eigenvalue weighted by atomic mass is 32.2. The molecule has 1 aliphatic heterocycles. The second-order valence-corrected chi connectivity index (χ2v) is 6.87. The van der Waals surface area contributed by atoms with Gasteiger partial charge in [0.2, 0.25) is 10.0 Å². The molecule has 0 saturated heterocycles. The van der Waals surface area contributed by atoms with E-state index < -0.39 is 10.0 Å². The average molecular weight is 303 g/mol. The van der Waals surface area contributed by atoms with Crippen molar-refractivity contribution in [2.24, 2.45) is 0 Å². The van der Waals surface area contributed by atoms with Gasteiger partial charge >= 0.3 is 0 Å². The number of nitrogens with one attached hydrogen (secondary N) is 1. The van der Waals surface area contributed by atoms with Crippen LogP contribution in [-0.2, 0) is 23.0 Å². The minimum absolute atomic E-state index is 0.282. The van der Waals surface area contributed by atoms with Gasteiger partial charge in [0.1, 0.15) is 5.75 Å². The van der Waals surface area contributed by atoms with Crippen molar-refractivity contribution in [3.8, 4) is 5.75 Å². The number of aryl methyl sites for hydroxylation is 1. The molecule has 0 aliphatic carbocycles. The molecule has 0 unspecified atom stereocenters. The van der Waals surface area contributed by atoms with E-state index in [9.17, 15) is 8.42 Å². The third kappa shape index (κ3) is 2.94. The van der Waals surface area contributed by atoms with Crippen molar-refractivity contribution in [3.05, 3.63) is 59.2 Å². The van der Waals surface area contributed by atoms with Crippen LogP contribution in [0.1, 0.15) is 16.7 Å². The van der Waals surface area contributed by atoms with Crippen LogP contribution in [-0.4, -0.2) is 15.0 Å². The molecule has 1 heterocycles. The number of hydrogen-bond acceptors (Lipinski definition) is 3. The quantitative estimate of drug-likeness (QED) is 0.943. The Morgan fingerprint density at radius 3 is 2.81 bits per heavy atom. The number of hydrogen-bond donors (Lipinski definition) is 1. The van der Waals surface area contributed by atoms with E-state index in [0.717, 1.165) is 28.9 Å². The molecule has 21 heavy (non-hydrogen) atoms. The van der Waals surface area contributed by atoms with E-state index in [4.69, 9.17) is 4.74 Å². The predicted octanol–water partition coefficient (Wildman–Crippen LogP) is 2.41. The third-order valence-corrected chi connectivity index (χ3v) is 5.16. The topological polar surface area (TPSA) is 55.4 Å². The van der Waals surface area contributed by atoms with E-state index in [1.54, 1.807) is 25.1 Å². The number of rotatable bonds is 4. The lowest BCUT2D eigenvalue weighted by molar-refractivity contribution is 0.357. The molecule has 0 radical (unpaired) electrons.